The van der Waals surface area contributed by atoms with Crippen LogP contribution in [0.4, 0.5) is 5.69 Å². The van der Waals surface area contributed by atoms with Crippen LogP contribution in [0.15, 0.2) is 66.9 Å². The molecule has 3 nitrogen and oxygen atoms in total. The lowest BCUT2D eigenvalue weighted by Gasteiger charge is -2.17. The van der Waals surface area contributed by atoms with Crippen molar-refractivity contribution < 1.29 is 4.79 Å². The van der Waals surface area contributed by atoms with Crippen molar-refractivity contribution in [3.05, 3.63) is 77.6 Å². The first kappa shape index (κ1) is 18.4. The monoisotopic (exact) mass is 380 g/mol. The molecule has 0 fully saturated rings. The Morgan fingerprint density at radius 2 is 1.65 bits per heavy atom. The Morgan fingerprint density at radius 3 is 2.31 bits per heavy atom. The van der Waals surface area contributed by atoms with E-state index in [1.807, 2.05) is 24.3 Å². The number of aromatic nitrogens is 1. The van der Waals surface area contributed by atoms with Gasteiger partial charge in [0.2, 0.25) is 0 Å². The molecular weight excluding hydrogens is 360 g/mol. The number of amides is 1. The zero-order valence-electron chi connectivity index (χ0n) is 15.1. The molecule has 0 saturated carbocycles. The van der Waals surface area contributed by atoms with Gasteiger partial charge in [-0.3, -0.25) is 4.79 Å². The Balaban J connectivity index is 1.92. The second-order valence-corrected chi connectivity index (χ2v) is 12.6. The van der Waals surface area contributed by atoms with E-state index in [-0.39, 0.29) is 11.1 Å². The van der Waals surface area contributed by atoms with Gasteiger partial charge in [0.1, 0.15) is 5.15 Å². The Hall–Kier alpha value is -2.43. The summed E-state index contributed by atoms with van der Waals surface area (Å²) in [4.78, 5) is 16.5. The van der Waals surface area contributed by atoms with Crippen molar-refractivity contribution in [1.82, 2.24) is 4.98 Å². The number of hydrogen-bond donors (Lipinski definition) is 1. The third kappa shape index (κ3) is 4.03. The molecule has 3 aromatic rings. The first-order valence-corrected chi connectivity index (χ1v) is 12.4. The molecule has 0 aliphatic heterocycles. The fraction of sp³-hybridized carbons (Fsp3) is 0.143. The third-order valence-corrected chi connectivity index (χ3v) is 6.61. The Bertz CT molecular complexity index is 933. The zero-order chi connectivity index (χ0) is 18.7. The summed E-state index contributed by atoms with van der Waals surface area (Å²) in [5, 5.41) is 4.56. The van der Waals surface area contributed by atoms with Crippen LogP contribution in [-0.2, 0) is 0 Å². The molecule has 26 heavy (non-hydrogen) atoms. The molecule has 0 aliphatic rings. The summed E-state index contributed by atoms with van der Waals surface area (Å²) in [6, 6.07) is 19.8. The van der Waals surface area contributed by atoms with Crippen molar-refractivity contribution in [2.75, 3.05) is 5.32 Å². The first-order chi connectivity index (χ1) is 12.4. The van der Waals surface area contributed by atoms with Gasteiger partial charge in [0.05, 0.1) is 13.6 Å². The Kier molecular flexibility index (Phi) is 5.25. The number of pyridine rings is 1. The molecule has 0 saturated heterocycles. The fourth-order valence-electron chi connectivity index (χ4n) is 2.74. The van der Waals surface area contributed by atoms with Crippen LogP contribution in [0, 0.1) is 0 Å². The van der Waals surface area contributed by atoms with Crippen molar-refractivity contribution >= 4 is 36.5 Å². The number of rotatable bonds is 4. The van der Waals surface area contributed by atoms with Gasteiger partial charge in [-0.05, 0) is 23.8 Å². The van der Waals surface area contributed by atoms with E-state index in [0.29, 0.717) is 5.56 Å². The van der Waals surface area contributed by atoms with Gasteiger partial charge in [-0.15, -0.1) is 0 Å². The molecule has 0 aliphatic carbocycles. The maximum Gasteiger partial charge on any atom is 0.258 e. The maximum atomic E-state index is 12.6. The molecule has 0 radical (unpaired) electrons. The lowest BCUT2D eigenvalue weighted by Crippen LogP contribution is -2.37. The van der Waals surface area contributed by atoms with Crippen LogP contribution in [0.5, 0.6) is 0 Å². The minimum atomic E-state index is -1.34. The predicted octanol–water partition coefficient (Wildman–Crippen LogP) is 5.20. The number of para-hydroxylation sites is 1. The van der Waals surface area contributed by atoms with Crippen LogP contribution >= 0.6 is 11.6 Å². The molecule has 3 rings (SSSR count). The Labute approximate surface area is 160 Å². The smallest absolute Gasteiger partial charge is 0.258 e. The molecule has 0 unspecified atom stereocenters. The minimum absolute atomic E-state index is 0.196. The molecule has 1 amide bonds. The van der Waals surface area contributed by atoms with Gasteiger partial charge < -0.3 is 5.32 Å². The highest BCUT2D eigenvalue weighted by atomic mass is 35.5. The molecular formula is C21H21ClN2OSi. The van der Waals surface area contributed by atoms with E-state index >= 15 is 0 Å². The average molecular weight is 381 g/mol. The maximum absolute atomic E-state index is 12.6. The highest BCUT2D eigenvalue weighted by molar-refractivity contribution is 6.88. The summed E-state index contributed by atoms with van der Waals surface area (Å²) in [6.07, 6.45) is 1.56. The number of anilines is 1. The number of carbonyl (C=O) groups is 1. The zero-order valence-corrected chi connectivity index (χ0v) is 16.8. The molecule has 0 bridgehead atoms. The second kappa shape index (κ2) is 7.44. The van der Waals surface area contributed by atoms with Gasteiger partial charge in [-0.1, -0.05) is 78.9 Å². The minimum Gasteiger partial charge on any atom is -0.321 e. The Morgan fingerprint density at radius 1 is 0.962 bits per heavy atom. The third-order valence-electron chi connectivity index (χ3n) is 4.24. The fourth-order valence-corrected chi connectivity index (χ4v) is 4.11. The van der Waals surface area contributed by atoms with Crippen LogP contribution < -0.4 is 10.5 Å². The molecule has 5 heteroatoms. The van der Waals surface area contributed by atoms with Crippen LogP contribution in [-0.4, -0.2) is 19.0 Å². The van der Waals surface area contributed by atoms with Gasteiger partial charge in [0.25, 0.3) is 5.91 Å². The lowest BCUT2D eigenvalue weighted by molar-refractivity contribution is 0.102. The lowest BCUT2D eigenvalue weighted by atomic mass is 10.0. The normalized spacial score (nSPS) is 11.2. The quantitative estimate of drug-likeness (QED) is 0.499. The molecule has 1 aromatic heterocycles. The van der Waals surface area contributed by atoms with Crippen molar-refractivity contribution in [2.24, 2.45) is 0 Å². The second-order valence-electron chi connectivity index (χ2n) is 7.17. The van der Waals surface area contributed by atoms with Crippen LogP contribution in [0.1, 0.15) is 10.4 Å². The molecule has 1 N–H and O–H groups in total. The summed E-state index contributed by atoms with van der Waals surface area (Å²) < 4.78 is 0. The summed E-state index contributed by atoms with van der Waals surface area (Å²) in [5.74, 6) is -0.269. The van der Waals surface area contributed by atoms with Gasteiger partial charge in [-0.25, -0.2) is 4.98 Å². The van der Waals surface area contributed by atoms with E-state index in [0.717, 1.165) is 16.8 Å². The van der Waals surface area contributed by atoms with E-state index < -0.39 is 8.07 Å². The van der Waals surface area contributed by atoms with E-state index in [1.165, 1.54) is 5.19 Å². The van der Waals surface area contributed by atoms with Crippen molar-refractivity contribution in [3.63, 3.8) is 0 Å². The van der Waals surface area contributed by atoms with Gasteiger partial charge in [0.15, 0.2) is 0 Å². The summed E-state index contributed by atoms with van der Waals surface area (Å²) in [7, 11) is -1.34. The molecule has 0 spiro atoms. The molecule has 2 aromatic carbocycles. The number of halogens is 1. The highest BCUT2D eigenvalue weighted by Gasteiger charge is 2.17. The molecule has 1 heterocycles. The van der Waals surface area contributed by atoms with Gasteiger partial charge in [0, 0.05) is 17.4 Å². The first-order valence-electron chi connectivity index (χ1n) is 8.48. The van der Waals surface area contributed by atoms with Crippen LogP contribution in [0.3, 0.4) is 0 Å². The van der Waals surface area contributed by atoms with Crippen molar-refractivity contribution in [1.29, 1.82) is 0 Å². The van der Waals surface area contributed by atoms with E-state index in [2.05, 4.69) is 54.2 Å². The largest absolute Gasteiger partial charge is 0.321 e. The molecule has 132 valence electrons. The predicted molar refractivity (Wildman–Crippen MR) is 112 cm³/mol. The van der Waals surface area contributed by atoms with Gasteiger partial charge >= 0.3 is 0 Å². The topological polar surface area (TPSA) is 42.0 Å². The number of hydrogen-bond acceptors (Lipinski definition) is 2. The number of carbonyl (C=O) groups excluding carboxylic acids is 1. The summed E-state index contributed by atoms with van der Waals surface area (Å²) in [5.41, 5.74) is 3.15. The number of nitrogens with one attached hydrogen (secondary N) is 1. The SMILES string of the molecule is C[Si](C)(C)c1ccc(-c2ccccc2NC(=O)c2cccnc2Cl)cc1. The summed E-state index contributed by atoms with van der Waals surface area (Å²) in [6.45, 7) is 6.98. The average Bonchev–Trinajstić information content (AvgIpc) is 2.62. The van der Waals surface area contributed by atoms with Crippen molar-refractivity contribution in [2.45, 2.75) is 19.6 Å². The van der Waals surface area contributed by atoms with E-state index in [9.17, 15) is 4.79 Å². The van der Waals surface area contributed by atoms with E-state index in [1.54, 1.807) is 18.3 Å². The van der Waals surface area contributed by atoms with Crippen LogP contribution in [0.2, 0.25) is 24.8 Å². The van der Waals surface area contributed by atoms with Gasteiger partial charge in [-0.2, -0.15) is 0 Å². The standard InChI is InChI=1S/C21H21ClN2OSi/c1-26(2,3)16-12-10-15(11-13-16)17-7-4-5-9-19(17)24-21(25)18-8-6-14-23-20(18)22/h4-14H,1-3H3,(H,24,25). The van der Waals surface area contributed by atoms with Crippen molar-refractivity contribution in [3.8, 4) is 11.1 Å². The summed E-state index contributed by atoms with van der Waals surface area (Å²) >= 11 is 6.03. The molecule has 0 atom stereocenters. The highest BCUT2D eigenvalue weighted by Crippen LogP contribution is 2.28. The van der Waals surface area contributed by atoms with Crippen LogP contribution in [0.25, 0.3) is 11.1 Å². The number of nitrogens with zero attached hydrogens (tertiary/aromatic N) is 1. The van der Waals surface area contributed by atoms with E-state index in [4.69, 9.17) is 11.6 Å². The number of benzene rings is 2.